The van der Waals surface area contributed by atoms with Crippen molar-refractivity contribution in [3.63, 3.8) is 0 Å². The van der Waals surface area contributed by atoms with Crippen LogP contribution in [0.2, 0.25) is 0 Å². The van der Waals surface area contributed by atoms with Crippen LogP contribution in [0.5, 0.6) is 23.0 Å². The molecular formula is C24H29NO10S. The number of hydrogen-bond acceptors (Lipinski definition) is 11. The lowest BCUT2D eigenvalue weighted by molar-refractivity contribution is -0.142. The van der Waals surface area contributed by atoms with Gasteiger partial charge in [0.25, 0.3) is 0 Å². The highest BCUT2D eigenvalue weighted by molar-refractivity contribution is 7.94. The van der Waals surface area contributed by atoms with Gasteiger partial charge >= 0.3 is 11.9 Å². The van der Waals surface area contributed by atoms with Crippen molar-refractivity contribution in [2.45, 2.75) is 22.6 Å². The molecule has 1 fully saturated rings. The molecule has 1 aliphatic heterocycles. The number of rotatable bonds is 8. The molecule has 4 atom stereocenters. The molecule has 2 aromatic rings. The molecule has 1 N–H and O–H groups in total. The first-order chi connectivity index (χ1) is 17.2. The van der Waals surface area contributed by atoms with Gasteiger partial charge in [0.1, 0.15) is 0 Å². The van der Waals surface area contributed by atoms with E-state index in [1.165, 1.54) is 28.4 Å². The molecule has 0 bridgehead atoms. The third-order valence-corrected chi connectivity index (χ3v) is 8.42. The average Bonchev–Trinajstić information content (AvgIpc) is 2.90. The summed E-state index contributed by atoms with van der Waals surface area (Å²) in [6.45, 7) is 0. The van der Waals surface area contributed by atoms with E-state index >= 15 is 0 Å². The van der Waals surface area contributed by atoms with E-state index in [0.717, 1.165) is 14.2 Å². The molecule has 2 aromatic carbocycles. The predicted molar refractivity (Wildman–Crippen MR) is 128 cm³/mol. The fourth-order valence-electron chi connectivity index (χ4n) is 4.31. The van der Waals surface area contributed by atoms with E-state index in [4.69, 9.17) is 28.4 Å². The van der Waals surface area contributed by atoms with Crippen LogP contribution in [0.25, 0.3) is 0 Å². The van der Waals surface area contributed by atoms with E-state index in [2.05, 4.69) is 5.32 Å². The normalized spacial score (nSPS) is 22.7. The van der Waals surface area contributed by atoms with Gasteiger partial charge in [-0.15, -0.1) is 0 Å². The van der Waals surface area contributed by atoms with Crippen molar-refractivity contribution < 1.29 is 46.4 Å². The molecule has 3 rings (SSSR count). The molecule has 1 saturated heterocycles. The van der Waals surface area contributed by atoms with Crippen molar-refractivity contribution in [1.82, 2.24) is 5.32 Å². The zero-order chi connectivity index (χ0) is 26.6. The van der Waals surface area contributed by atoms with Gasteiger partial charge in [0, 0.05) is 0 Å². The van der Waals surface area contributed by atoms with Crippen LogP contribution in [0.15, 0.2) is 36.4 Å². The lowest BCUT2D eigenvalue weighted by Gasteiger charge is -2.40. The number of methoxy groups -OCH3 is 6. The quantitative estimate of drug-likeness (QED) is 0.505. The Morgan fingerprint density at radius 1 is 0.639 bits per heavy atom. The topological polar surface area (TPSA) is 136 Å². The molecular weight excluding hydrogens is 494 g/mol. The van der Waals surface area contributed by atoms with Crippen molar-refractivity contribution in [3.8, 4) is 23.0 Å². The zero-order valence-electron chi connectivity index (χ0n) is 20.8. The molecule has 0 spiro atoms. The lowest BCUT2D eigenvalue weighted by Crippen LogP contribution is -2.59. The number of hydrogen-bond donors (Lipinski definition) is 1. The summed E-state index contributed by atoms with van der Waals surface area (Å²) in [5, 5.41) is -0.322. The van der Waals surface area contributed by atoms with E-state index in [1.54, 1.807) is 36.4 Å². The molecule has 36 heavy (non-hydrogen) atoms. The van der Waals surface area contributed by atoms with E-state index in [1.807, 2.05) is 0 Å². The summed E-state index contributed by atoms with van der Waals surface area (Å²) in [5.74, 6) is -0.563. The Kier molecular flexibility index (Phi) is 8.31. The molecule has 0 aromatic heterocycles. The van der Waals surface area contributed by atoms with Gasteiger partial charge in [-0.1, -0.05) is 12.1 Å². The minimum Gasteiger partial charge on any atom is -0.493 e. The third kappa shape index (κ3) is 4.78. The Morgan fingerprint density at radius 3 is 1.31 bits per heavy atom. The fraction of sp³-hybridized carbons (Fsp3) is 0.417. The van der Waals surface area contributed by atoms with Crippen molar-refractivity contribution in [2.24, 2.45) is 0 Å². The summed E-state index contributed by atoms with van der Waals surface area (Å²) < 4.78 is 58.7. The first-order valence-corrected chi connectivity index (χ1v) is 12.4. The molecule has 0 saturated carbocycles. The summed E-state index contributed by atoms with van der Waals surface area (Å²) in [6, 6.07) is 7.30. The summed E-state index contributed by atoms with van der Waals surface area (Å²) in [5.41, 5.74) is 0.806. The maximum Gasteiger partial charge on any atom is 0.326 e. The van der Waals surface area contributed by atoms with Gasteiger partial charge in [-0.2, -0.15) is 0 Å². The Hall–Kier alpha value is -3.51. The van der Waals surface area contributed by atoms with Gasteiger partial charge in [0.2, 0.25) is 0 Å². The van der Waals surface area contributed by atoms with Gasteiger partial charge < -0.3 is 28.4 Å². The standard InChI is InChI=1S/C24H29NO10S/c1-30-15-9-7-13(11-17(15)32-3)19-21(23(26)34-5)36(28,29)22(24(27)35-6)20(25-19)14-8-10-16(31-2)18(12-14)33-4/h7-12,19-22,25H,1-6H3/t19-,20+,21-,22+. The number of sulfone groups is 1. The molecule has 12 heteroatoms. The second-order valence-electron chi connectivity index (χ2n) is 7.83. The van der Waals surface area contributed by atoms with Crippen LogP contribution >= 0.6 is 0 Å². The number of carbonyl (C=O) groups excluding carboxylic acids is 2. The van der Waals surface area contributed by atoms with Crippen LogP contribution in [0.1, 0.15) is 23.2 Å². The van der Waals surface area contributed by atoms with E-state index in [9.17, 15) is 18.0 Å². The van der Waals surface area contributed by atoms with Gasteiger partial charge in [-0.05, 0) is 35.4 Å². The van der Waals surface area contributed by atoms with Gasteiger partial charge in [0.15, 0.2) is 43.3 Å². The van der Waals surface area contributed by atoms with Crippen LogP contribution in [-0.2, 0) is 28.9 Å². The zero-order valence-corrected chi connectivity index (χ0v) is 21.6. The summed E-state index contributed by atoms with van der Waals surface area (Å²) in [4.78, 5) is 25.7. The second-order valence-corrected chi connectivity index (χ2v) is 10.0. The second kappa shape index (κ2) is 11.0. The highest BCUT2D eigenvalue weighted by atomic mass is 32.2. The number of benzene rings is 2. The molecule has 0 unspecified atom stereocenters. The van der Waals surface area contributed by atoms with Crippen LogP contribution in [0, 0.1) is 0 Å². The van der Waals surface area contributed by atoms with Crippen LogP contribution in [-0.4, -0.2) is 73.5 Å². The molecule has 196 valence electrons. The number of nitrogens with one attached hydrogen (secondary N) is 1. The minimum atomic E-state index is -4.51. The van der Waals surface area contributed by atoms with Gasteiger partial charge in [-0.25, -0.2) is 8.42 Å². The van der Waals surface area contributed by atoms with Crippen LogP contribution in [0.3, 0.4) is 0 Å². The Morgan fingerprint density at radius 2 is 1.00 bits per heavy atom. The summed E-state index contributed by atoms with van der Waals surface area (Å²) in [7, 11) is 3.45. The maximum absolute atomic E-state index is 13.9. The molecule has 0 radical (unpaired) electrons. The minimum absolute atomic E-state index is 0.329. The van der Waals surface area contributed by atoms with Crippen LogP contribution in [0.4, 0.5) is 0 Å². The highest BCUT2D eigenvalue weighted by Gasteiger charge is 2.57. The monoisotopic (exact) mass is 523 g/mol. The Bertz CT molecular complexity index is 1140. The third-order valence-electron chi connectivity index (χ3n) is 6.07. The largest absolute Gasteiger partial charge is 0.493 e. The molecule has 1 heterocycles. The van der Waals surface area contributed by atoms with Gasteiger partial charge in [-0.3, -0.25) is 14.9 Å². The van der Waals surface area contributed by atoms with E-state index in [0.29, 0.717) is 34.1 Å². The summed E-state index contributed by atoms with van der Waals surface area (Å²) in [6.07, 6.45) is 0. The van der Waals surface area contributed by atoms with Crippen molar-refractivity contribution in [1.29, 1.82) is 0 Å². The van der Waals surface area contributed by atoms with Crippen molar-refractivity contribution in [3.05, 3.63) is 47.5 Å². The van der Waals surface area contributed by atoms with E-state index < -0.39 is 44.4 Å². The first kappa shape index (κ1) is 27.1. The van der Waals surface area contributed by atoms with Crippen molar-refractivity contribution >= 4 is 21.8 Å². The predicted octanol–water partition coefficient (Wildman–Crippen LogP) is 1.60. The smallest absolute Gasteiger partial charge is 0.326 e. The molecule has 11 nitrogen and oxygen atoms in total. The summed E-state index contributed by atoms with van der Waals surface area (Å²) >= 11 is 0. The SMILES string of the molecule is COC(=O)[C@@H]1[C@H](c2ccc(OC)c(OC)c2)N[C@H](c2ccc(OC)c(OC)c2)[C@H](C(=O)OC)S1(=O)=O. The average molecular weight is 524 g/mol. The van der Waals surface area contributed by atoms with Crippen molar-refractivity contribution in [2.75, 3.05) is 42.7 Å². The van der Waals surface area contributed by atoms with Crippen LogP contribution < -0.4 is 24.3 Å². The molecule has 0 aliphatic carbocycles. The maximum atomic E-state index is 13.9. The number of esters is 2. The number of ether oxygens (including phenoxy) is 6. The molecule has 1 aliphatic rings. The highest BCUT2D eigenvalue weighted by Crippen LogP contribution is 2.42. The number of carbonyl (C=O) groups is 2. The first-order valence-electron chi connectivity index (χ1n) is 10.8. The fourth-order valence-corrected chi connectivity index (χ4v) is 6.59. The lowest BCUT2D eigenvalue weighted by atomic mass is 9.96. The van der Waals surface area contributed by atoms with E-state index in [-0.39, 0.29) is 0 Å². The van der Waals surface area contributed by atoms with Gasteiger partial charge in [0.05, 0.1) is 54.7 Å². The Balaban J connectivity index is 2.25. The molecule has 0 amide bonds. The Labute approximate surface area is 209 Å².